The first-order chi connectivity index (χ1) is 16.2. The second-order valence-corrected chi connectivity index (χ2v) is 9.12. The molecule has 33 heavy (non-hydrogen) atoms. The molecule has 7 nitrogen and oxygen atoms in total. The van der Waals surface area contributed by atoms with Crippen molar-refractivity contribution in [3.8, 4) is 33.8 Å². The maximum atomic E-state index is 4.76. The minimum Gasteiger partial charge on any atom is -0.341 e. The molecule has 1 aromatic carbocycles. The van der Waals surface area contributed by atoms with Gasteiger partial charge in [0, 0.05) is 17.3 Å². The van der Waals surface area contributed by atoms with Crippen LogP contribution in [-0.4, -0.2) is 38.0 Å². The Morgan fingerprint density at radius 1 is 0.727 bits per heavy atom. The van der Waals surface area contributed by atoms with Gasteiger partial charge < -0.3 is 20.6 Å². The number of rotatable bonds is 5. The van der Waals surface area contributed by atoms with Gasteiger partial charge in [0.1, 0.15) is 11.6 Å². The molecule has 0 unspecified atom stereocenters. The number of pyridine rings is 1. The Labute approximate surface area is 193 Å². The van der Waals surface area contributed by atoms with Gasteiger partial charge in [0.25, 0.3) is 0 Å². The van der Waals surface area contributed by atoms with E-state index in [1.165, 1.54) is 18.4 Å². The summed E-state index contributed by atoms with van der Waals surface area (Å²) in [6.45, 7) is 4.27. The van der Waals surface area contributed by atoms with Crippen LogP contribution in [0, 0.1) is 6.92 Å². The molecule has 2 atom stereocenters. The minimum absolute atomic E-state index is 0.340. The zero-order valence-corrected chi connectivity index (χ0v) is 18.9. The maximum Gasteiger partial charge on any atom is 0.123 e. The molecule has 0 bridgehead atoms. The number of hydrogen-bond donors (Lipinski definition) is 4. The van der Waals surface area contributed by atoms with E-state index in [0.717, 1.165) is 71.4 Å². The van der Waals surface area contributed by atoms with Crippen molar-refractivity contribution in [1.82, 2.24) is 35.6 Å². The molecule has 3 aromatic heterocycles. The van der Waals surface area contributed by atoms with E-state index in [4.69, 9.17) is 4.98 Å². The number of nitrogens with zero attached hydrogens (tertiary/aromatic N) is 3. The molecular weight excluding hydrogens is 410 g/mol. The average Bonchev–Trinajstić information content (AvgIpc) is 3.65. The van der Waals surface area contributed by atoms with Crippen LogP contribution in [0.15, 0.2) is 48.9 Å². The Morgan fingerprint density at radius 2 is 1.36 bits per heavy atom. The lowest BCUT2D eigenvalue weighted by Crippen LogP contribution is -2.14. The fourth-order valence-corrected chi connectivity index (χ4v) is 4.99. The molecule has 2 saturated heterocycles. The maximum absolute atomic E-state index is 4.76. The molecular formula is C26H29N7. The van der Waals surface area contributed by atoms with Crippen molar-refractivity contribution in [3.05, 3.63) is 66.1 Å². The van der Waals surface area contributed by atoms with Crippen LogP contribution in [-0.2, 0) is 0 Å². The standard InChI is InChI=1S/C26H29N7/c1-16-12-17(23-14-30-25(32-23)21-4-2-10-27-21)6-8-19(16)20-9-7-18(13-29-20)24-15-31-26(33-24)22-5-3-11-28-22/h6-9,12-15,21-22,27-28H,2-5,10-11H2,1H3,(H,30,32)(H,31,33)/t21-,22-/m0/s1. The summed E-state index contributed by atoms with van der Waals surface area (Å²) < 4.78 is 0. The number of H-pyrrole nitrogens is 2. The van der Waals surface area contributed by atoms with E-state index in [0.29, 0.717) is 12.1 Å². The highest BCUT2D eigenvalue weighted by atomic mass is 15.0. The van der Waals surface area contributed by atoms with Gasteiger partial charge in [0.2, 0.25) is 0 Å². The summed E-state index contributed by atoms with van der Waals surface area (Å²) in [5.41, 5.74) is 7.58. The SMILES string of the molecule is Cc1cc(-c2cnc([C@@H]3CCCN3)[nH]2)ccc1-c1ccc(-c2cnc([C@@H]3CCCN3)[nH]2)cn1. The quantitative estimate of drug-likeness (QED) is 0.362. The first-order valence-electron chi connectivity index (χ1n) is 11.9. The molecule has 0 spiro atoms. The molecule has 7 heteroatoms. The topological polar surface area (TPSA) is 94.3 Å². The van der Waals surface area contributed by atoms with E-state index >= 15 is 0 Å². The van der Waals surface area contributed by atoms with Gasteiger partial charge >= 0.3 is 0 Å². The van der Waals surface area contributed by atoms with E-state index in [2.05, 4.69) is 67.8 Å². The number of hydrogen-bond acceptors (Lipinski definition) is 5. The third kappa shape index (κ3) is 3.98. The van der Waals surface area contributed by atoms with Crippen LogP contribution < -0.4 is 10.6 Å². The van der Waals surface area contributed by atoms with Gasteiger partial charge in [0.15, 0.2) is 0 Å². The number of aromatic nitrogens is 5. The number of imidazole rings is 2. The summed E-state index contributed by atoms with van der Waals surface area (Å²) in [5, 5.41) is 6.99. The van der Waals surface area contributed by atoms with E-state index in [9.17, 15) is 0 Å². The number of aryl methyl sites for hydroxylation is 1. The lowest BCUT2D eigenvalue weighted by Gasteiger charge is -2.09. The predicted octanol–water partition coefficient (Wildman–Crippen LogP) is 4.69. The largest absolute Gasteiger partial charge is 0.341 e. The fraction of sp³-hybridized carbons (Fsp3) is 0.346. The smallest absolute Gasteiger partial charge is 0.123 e. The molecule has 5 heterocycles. The molecule has 2 fully saturated rings. The van der Waals surface area contributed by atoms with Crippen LogP contribution >= 0.6 is 0 Å². The van der Waals surface area contributed by atoms with Crippen molar-refractivity contribution in [3.63, 3.8) is 0 Å². The second-order valence-electron chi connectivity index (χ2n) is 9.12. The molecule has 4 aromatic rings. The first kappa shape index (κ1) is 20.3. The van der Waals surface area contributed by atoms with Gasteiger partial charge in [-0.1, -0.05) is 12.1 Å². The van der Waals surface area contributed by atoms with Gasteiger partial charge in [-0.25, -0.2) is 9.97 Å². The molecule has 4 N–H and O–H groups in total. The van der Waals surface area contributed by atoms with Crippen molar-refractivity contribution in [2.45, 2.75) is 44.7 Å². The van der Waals surface area contributed by atoms with Crippen LogP contribution in [0.5, 0.6) is 0 Å². The molecule has 0 radical (unpaired) electrons. The average molecular weight is 440 g/mol. The Bertz CT molecular complexity index is 1240. The Balaban J connectivity index is 1.21. The molecule has 0 saturated carbocycles. The summed E-state index contributed by atoms with van der Waals surface area (Å²) in [6.07, 6.45) is 10.5. The lowest BCUT2D eigenvalue weighted by atomic mass is 10.0. The summed E-state index contributed by atoms with van der Waals surface area (Å²) in [5.74, 6) is 2.05. The molecule has 2 aliphatic rings. The highest BCUT2D eigenvalue weighted by Gasteiger charge is 2.20. The van der Waals surface area contributed by atoms with Gasteiger partial charge in [-0.15, -0.1) is 0 Å². The highest BCUT2D eigenvalue weighted by Crippen LogP contribution is 2.30. The number of nitrogens with one attached hydrogen (secondary N) is 4. The number of aromatic amines is 2. The summed E-state index contributed by atoms with van der Waals surface area (Å²) in [6, 6.07) is 11.4. The third-order valence-corrected chi connectivity index (χ3v) is 6.86. The van der Waals surface area contributed by atoms with Crippen molar-refractivity contribution < 1.29 is 0 Å². The molecule has 0 amide bonds. The highest BCUT2D eigenvalue weighted by molar-refractivity contribution is 5.71. The fourth-order valence-electron chi connectivity index (χ4n) is 4.99. The molecule has 2 aliphatic heterocycles. The molecule has 6 rings (SSSR count). The monoisotopic (exact) mass is 439 g/mol. The predicted molar refractivity (Wildman–Crippen MR) is 130 cm³/mol. The van der Waals surface area contributed by atoms with Gasteiger partial charge in [-0.05, 0) is 75.0 Å². The van der Waals surface area contributed by atoms with Gasteiger partial charge in [-0.3, -0.25) is 4.98 Å². The van der Waals surface area contributed by atoms with E-state index in [1.54, 1.807) is 0 Å². The van der Waals surface area contributed by atoms with Crippen LogP contribution in [0.4, 0.5) is 0 Å². The van der Waals surface area contributed by atoms with Crippen LogP contribution in [0.3, 0.4) is 0 Å². The zero-order chi connectivity index (χ0) is 22.2. The molecule has 0 aliphatic carbocycles. The van der Waals surface area contributed by atoms with E-state index in [1.807, 2.05) is 18.6 Å². The van der Waals surface area contributed by atoms with Gasteiger partial charge in [-0.2, -0.15) is 0 Å². The van der Waals surface area contributed by atoms with Crippen molar-refractivity contribution in [1.29, 1.82) is 0 Å². The van der Waals surface area contributed by atoms with Crippen LogP contribution in [0.1, 0.15) is 55.0 Å². The minimum atomic E-state index is 0.340. The Kier molecular flexibility index (Phi) is 5.28. The summed E-state index contributed by atoms with van der Waals surface area (Å²) in [7, 11) is 0. The summed E-state index contributed by atoms with van der Waals surface area (Å²) in [4.78, 5) is 20.9. The molecule has 168 valence electrons. The van der Waals surface area contributed by atoms with E-state index in [-0.39, 0.29) is 0 Å². The van der Waals surface area contributed by atoms with Crippen LogP contribution in [0.25, 0.3) is 33.8 Å². The second kappa shape index (κ2) is 8.57. The van der Waals surface area contributed by atoms with Crippen molar-refractivity contribution >= 4 is 0 Å². The Hall–Kier alpha value is -3.29. The summed E-state index contributed by atoms with van der Waals surface area (Å²) >= 11 is 0. The van der Waals surface area contributed by atoms with Crippen molar-refractivity contribution in [2.24, 2.45) is 0 Å². The van der Waals surface area contributed by atoms with Gasteiger partial charge in [0.05, 0.1) is 41.6 Å². The number of benzene rings is 1. The third-order valence-electron chi connectivity index (χ3n) is 6.86. The zero-order valence-electron chi connectivity index (χ0n) is 18.9. The van der Waals surface area contributed by atoms with Crippen LogP contribution in [0.2, 0.25) is 0 Å². The Morgan fingerprint density at radius 3 is 1.91 bits per heavy atom. The lowest BCUT2D eigenvalue weighted by molar-refractivity contribution is 0.613. The van der Waals surface area contributed by atoms with E-state index < -0.39 is 0 Å². The van der Waals surface area contributed by atoms with Crippen molar-refractivity contribution in [2.75, 3.05) is 13.1 Å². The normalized spacial score (nSPS) is 20.5. The first-order valence-corrected chi connectivity index (χ1v) is 11.9.